The normalized spacial score (nSPS) is 15.3. The topological polar surface area (TPSA) is 60.9 Å². The number of halogens is 1. The first kappa shape index (κ1) is 21.3. The number of carbonyl (C=O) groups excluding carboxylic acids is 1. The van der Waals surface area contributed by atoms with Gasteiger partial charge in [0.25, 0.3) is 0 Å². The minimum Gasteiger partial charge on any atom is -0.339 e. The Labute approximate surface area is 171 Å². The van der Waals surface area contributed by atoms with Gasteiger partial charge in [-0.1, -0.05) is 36.4 Å². The maximum Gasteiger partial charge on any atom is 0.243 e. The maximum atomic E-state index is 13.8. The molecule has 0 unspecified atom stereocenters. The van der Waals surface area contributed by atoms with Gasteiger partial charge in [0, 0.05) is 38.3 Å². The Morgan fingerprint density at radius 2 is 1.66 bits per heavy atom. The first-order valence-corrected chi connectivity index (χ1v) is 11.4. The number of piperazine rings is 1. The fraction of sp³-hybridized carbons (Fsp3) is 0.381. The highest BCUT2D eigenvalue weighted by Gasteiger charge is 2.27. The van der Waals surface area contributed by atoms with Crippen LogP contribution in [0.4, 0.5) is 10.1 Å². The van der Waals surface area contributed by atoms with Crippen LogP contribution in [0.3, 0.4) is 0 Å². The zero-order valence-corrected chi connectivity index (χ0v) is 17.5. The Bertz CT molecular complexity index is 973. The number of anilines is 1. The van der Waals surface area contributed by atoms with Crippen LogP contribution < -0.4 is 4.31 Å². The second kappa shape index (κ2) is 8.92. The summed E-state index contributed by atoms with van der Waals surface area (Å²) < 4.78 is 39.6. The number of para-hydroxylation sites is 1. The van der Waals surface area contributed by atoms with E-state index in [0.29, 0.717) is 44.0 Å². The summed E-state index contributed by atoms with van der Waals surface area (Å²) in [6, 6.07) is 13.8. The van der Waals surface area contributed by atoms with Crippen LogP contribution in [0.15, 0.2) is 48.5 Å². The van der Waals surface area contributed by atoms with E-state index in [9.17, 15) is 17.6 Å². The largest absolute Gasteiger partial charge is 0.339 e. The molecule has 1 aliphatic heterocycles. The molecule has 0 bridgehead atoms. The molecular formula is C21H26FN3O3S. The molecule has 0 aromatic heterocycles. The van der Waals surface area contributed by atoms with Gasteiger partial charge in [0.15, 0.2) is 0 Å². The van der Waals surface area contributed by atoms with Crippen molar-refractivity contribution in [2.75, 3.05) is 43.3 Å². The van der Waals surface area contributed by atoms with Crippen molar-refractivity contribution in [3.8, 4) is 0 Å². The predicted octanol–water partition coefficient (Wildman–Crippen LogP) is 2.24. The molecular weight excluding hydrogens is 393 g/mol. The van der Waals surface area contributed by atoms with E-state index in [1.165, 1.54) is 6.07 Å². The van der Waals surface area contributed by atoms with Crippen LogP contribution in [-0.2, 0) is 21.4 Å². The summed E-state index contributed by atoms with van der Waals surface area (Å²) in [6.45, 7) is 4.29. The zero-order chi connectivity index (χ0) is 21.0. The summed E-state index contributed by atoms with van der Waals surface area (Å²) in [6.07, 6.45) is 1.11. The quantitative estimate of drug-likeness (QED) is 0.721. The van der Waals surface area contributed by atoms with Gasteiger partial charge in [-0.2, -0.15) is 0 Å². The van der Waals surface area contributed by atoms with E-state index >= 15 is 0 Å². The molecule has 2 aromatic carbocycles. The highest BCUT2D eigenvalue weighted by Crippen LogP contribution is 2.22. The Kier molecular flexibility index (Phi) is 6.54. The number of amides is 1. The lowest BCUT2D eigenvalue weighted by molar-refractivity contribution is -0.131. The van der Waals surface area contributed by atoms with Crippen LogP contribution in [-0.4, -0.2) is 63.1 Å². The molecule has 0 radical (unpaired) electrons. The summed E-state index contributed by atoms with van der Waals surface area (Å²) >= 11 is 0. The van der Waals surface area contributed by atoms with Gasteiger partial charge in [-0.25, -0.2) is 12.8 Å². The molecule has 0 spiro atoms. The monoisotopic (exact) mass is 419 g/mol. The van der Waals surface area contributed by atoms with Gasteiger partial charge in [-0.05, 0) is 24.6 Å². The molecule has 8 heteroatoms. The van der Waals surface area contributed by atoms with Crippen LogP contribution in [0.2, 0.25) is 0 Å². The minimum atomic E-state index is -3.60. The minimum absolute atomic E-state index is 0.225. The molecule has 1 heterocycles. The molecule has 1 fully saturated rings. The van der Waals surface area contributed by atoms with E-state index in [2.05, 4.69) is 4.90 Å². The van der Waals surface area contributed by atoms with E-state index in [-0.39, 0.29) is 18.3 Å². The van der Waals surface area contributed by atoms with Crippen molar-refractivity contribution < 1.29 is 17.6 Å². The van der Waals surface area contributed by atoms with Crippen molar-refractivity contribution in [3.63, 3.8) is 0 Å². The predicted molar refractivity (Wildman–Crippen MR) is 112 cm³/mol. The SMILES string of the molecule is Cc1ccccc1N(CC(=O)N1CCN(Cc2ccccc2F)CC1)S(C)(=O)=O. The highest BCUT2D eigenvalue weighted by molar-refractivity contribution is 7.92. The summed E-state index contributed by atoms with van der Waals surface area (Å²) in [4.78, 5) is 16.6. The van der Waals surface area contributed by atoms with Crippen molar-refractivity contribution in [3.05, 3.63) is 65.5 Å². The summed E-state index contributed by atoms with van der Waals surface area (Å²) in [5.74, 6) is -0.461. The molecule has 6 nitrogen and oxygen atoms in total. The van der Waals surface area contributed by atoms with Crippen LogP contribution in [0.1, 0.15) is 11.1 Å². The molecule has 29 heavy (non-hydrogen) atoms. The van der Waals surface area contributed by atoms with Crippen molar-refractivity contribution in [1.82, 2.24) is 9.80 Å². The van der Waals surface area contributed by atoms with Crippen molar-refractivity contribution in [2.45, 2.75) is 13.5 Å². The molecule has 2 aromatic rings. The second-order valence-corrected chi connectivity index (χ2v) is 9.21. The fourth-order valence-corrected chi connectivity index (χ4v) is 4.38. The number of carbonyl (C=O) groups is 1. The van der Waals surface area contributed by atoms with Crippen LogP contribution in [0.25, 0.3) is 0 Å². The van der Waals surface area contributed by atoms with Gasteiger partial charge in [0.05, 0.1) is 11.9 Å². The van der Waals surface area contributed by atoms with Crippen molar-refractivity contribution >= 4 is 21.6 Å². The molecule has 0 saturated carbocycles. The molecule has 1 saturated heterocycles. The maximum absolute atomic E-state index is 13.8. The van der Waals surface area contributed by atoms with Crippen molar-refractivity contribution in [1.29, 1.82) is 0 Å². The Balaban J connectivity index is 1.62. The smallest absolute Gasteiger partial charge is 0.243 e. The van der Waals surface area contributed by atoms with E-state index in [1.54, 1.807) is 29.2 Å². The van der Waals surface area contributed by atoms with Gasteiger partial charge in [-0.3, -0.25) is 14.0 Å². The average Bonchev–Trinajstić information content (AvgIpc) is 2.68. The standard InChI is InChI=1S/C21H26FN3O3S/c1-17-7-3-6-10-20(17)25(29(2,27)28)16-21(26)24-13-11-23(12-14-24)15-18-8-4-5-9-19(18)22/h3-10H,11-16H2,1-2H3. The third-order valence-electron chi connectivity index (χ3n) is 5.14. The molecule has 3 rings (SSSR count). The van der Waals surface area contributed by atoms with E-state index in [0.717, 1.165) is 16.1 Å². The van der Waals surface area contributed by atoms with Gasteiger partial charge in [-0.15, -0.1) is 0 Å². The second-order valence-electron chi connectivity index (χ2n) is 7.30. The van der Waals surface area contributed by atoms with Gasteiger partial charge >= 0.3 is 0 Å². The number of aryl methyl sites for hydroxylation is 1. The summed E-state index contributed by atoms with van der Waals surface area (Å²) in [7, 11) is -3.60. The number of benzene rings is 2. The number of nitrogens with zero attached hydrogens (tertiary/aromatic N) is 3. The molecule has 1 aliphatic rings. The van der Waals surface area contributed by atoms with Crippen LogP contribution in [0.5, 0.6) is 0 Å². The fourth-order valence-electron chi connectivity index (χ4n) is 3.47. The Hall–Kier alpha value is -2.45. The number of hydrogen-bond donors (Lipinski definition) is 0. The van der Waals surface area contributed by atoms with Gasteiger partial charge < -0.3 is 4.90 Å². The molecule has 0 atom stereocenters. The van der Waals surface area contributed by atoms with E-state index < -0.39 is 10.0 Å². The lowest BCUT2D eigenvalue weighted by Crippen LogP contribution is -2.51. The lowest BCUT2D eigenvalue weighted by Gasteiger charge is -2.36. The molecule has 1 amide bonds. The average molecular weight is 420 g/mol. The summed E-state index contributed by atoms with van der Waals surface area (Å²) in [5, 5.41) is 0. The first-order valence-electron chi connectivity index (χ1n) is 9.52. The zero-order valence-electron chi connectivity index (χ0n) is 16.7. The van der Waals surface area contributed by atoms with Gasteiger partial charge in [0.2, 0.25) is 15.9 Å². The lowest BCUT2D eigenvalue weighted by atomic mass is 10.2. The van der Waals surface area contributed by atoms with Crippen LogP contribution >= 0.6 is 0 Å². The number of sulfonamides is 1. The highest BCUT2D eigenvalue weighted by atomic mass is 32.2. The summed E-state index contributed by atoms with van der Waals surface area (Å²) in [5.41, 5.74) is 1.94. The Morgan fingerprint density at radius 3 is 2.28 bits per heavy atom. The number of hydrogen-bond acceptors (Lipinski definition) is 4. The molecule has 0 aliphatic carbocycles. The van der Waals surface area contributed by atoms with Crippen LogP contribution in [0, 0.1) is 12.7 Å². The van der Waals surface area contributed by atoms with E-state index in [4.69, 9.17) is 0 Å². The molecule has 0 N–H and O–H groups in total. The Morgan fingerprint density at radius 1 is 1.03 bits per heavy atom. The van der Waals surface area contributed by atoms with Crippen molar-refractivity contribution in [2.24, 2.45) is 0 Å². The third kappa shape index (κ3) is 5.33. The number of rotatable bonds is 6. The molecule has 156 valence electrons. The third-order valence-corrected chi connectivity index (χ3v) is 6.27. The van der Waals surface area contributed by atoms with Gasteiger partial charge in [0.1, 0.15) is 12.4 Å². The first-order chi connectivity index (χ1) is 13.8. The van der Waals surface area contributed by atoms with E-state index in [1.807, 2.05) is 25.1 Å².